The van der Waals surface area contributed by atoms with Crippen molar-refractivity contribution in [3.63, 3.8) is 0 Å². The molecule has 1 aliphatic heterocycles. The van der Waals surface area contributed by atoms with Gasteiger partial charge in [0, 0.05) is 32.1 Å². The molecule has 0 aliphatic carbocycles. The molecule has 0 unspecified atom stereocenters. The van der Waals surface area contributed by atoms with Crippen molar-refractivity contribution in [3.05, 3.63) is 59.7 Å². The Hall–Kier alpha value is -3.02. The molecule has 0 bridgehead atoms. The summed E-state index contributed by atoms with van der Waals surface area (Å²) >= 11 is 0. The number of amides is 2. The highest BCUT2D eigenvalue weighted by Crippen LogP contribution is 2.31. The first kappa shape index (κ1) is 18.8. The molecule has 0 saturated carbocycles. The standard InChI is InChI=1S/C21H24N2O4/c1-23(15-16-9-10-18-19(14-16)27-13-12-26-18)20(24)8-5-11-22-21(25)17-6-3-2-4-7-17/h2-4,6-7,9-10,14H,5,8,11-13,15H2,1H3,(H,22,25). The maximum absolute atomic E-state index is 12.3. The molecule has 2 aromatic rings. The van der Waals surface area contributed by atoms with Crippen molar-refractivity contribution < 1.29 is 19.1 Å². The first-order valence-corrected chi connectivity index (χ1v) is 9.09. The monoisotopic (exact) mass is 368 g/mol. The number of hydrogen-bond acceptors (Lipinski definition) is 4. The van der Waals surface area contributed by atoms with Crippen LogP contribution in [0.3, 0.4) is 0 Å². The second kappa shape index (κ2) is 9.07. The largest absolute Gasteiger partial charge is 0.486 e. The van der Waals surface area contributed by atoms with Crippen LogP contribution in [0, 0.1) is 0 Å². The number of rotatable bonds is 7. The van der Waals surface area contributed by atoms with Crippen LogP contribution in [0.2, 0.25) is 0 Å². The fraction of sp³-hybridized carbons (Fsp3) is 0.333. The molecule has 2 amide bonds. The second-order valence-corrected chi connectivity index (χ2v) is 6.45. The van der Waals surface area contributed by atoms with Crippen molar-refractivity contribution >= 4 is 11.8 Å². The molecule has 6 heteroatoms. The fourth-order valence-electron chi connectivity index (χ4n) is 2.87. The smallest absolute Gasteiger partial charge is 0.251 e. The van der Waals surface area contributed by atoms with Crippen LogP contribution in [0.25, 0.3) is 0 Å². The number of benzene rings is 2. The third-order valence-corrected chi connectivity index (χ3v) is 4.34. The van der Waals surface area contributed by atoms with Crippen molar-refractivity contribution in [1.29, 1.82) is 0 Å². The van der Waals surface area contributed by atoms with Crippen molar-refractivity contribution in [2.45, 2.75) is 19.4 Å². The minimum atomic E-state index is -0.118. The van der Waals surface area contributed by atoms with Gasteiger partial charge >= 0.3 is 0 Å². The average Bonchev–Trinajstić information content (AvgIpc) is 2.71. The van der Waals surface area contributed by atoms with Crippen LogP contribution in [-0.4, -0.2) is 43.5 Å². The summed E-state index contributed by atoms with van der Waals surface area (Å²) in [6, 6.07) is 14.8. The van der Waals surface area contributed by atoms with Gasteiger partial charge in [-0.1, -0.05) is 24.3 Å². The van der Waals surface area contributed by atoms with Crippen LogP contribution >= 0.6 is 0 Å². The van der Waals surface area contributed by atoms with Gasteiger partial charge in [-0.2, -0.15) is 0 Å². The molecule has 1 N–H and O–H groups in total. The molecular formula is C21H24N2O4. The summed E-state index contributed by atoms with van der Waals surface area (Å²) < 4.78 is 11.1. The Balaban J connectivity index is 1.41. The zero-order valence-corrected chi connectivity index (χ0v) is 15.4. The Kier molecular flexibility index (Phi) is 6.30. The van der Waals surface area contributed by atoms with Gasteiger partial charge in [0.05, 0.1) is 0 Å². The molecule has 0 saturated heterocycles. The molecule has 1 heterocycles. The predicted octanol–water partition coefficient (Wildman–Crippen LogP) is 2.63. The van der Waals surface area contributed by atoms with E-state index < -0.39 is 0 Å². The fourth-order valence-corrected chi connectivity index (χ4v) is 2.87. The SMILES string of the molecule is CN(Cc1ccc2c(c1)OCCO2)C(=O)CCCNC(=O)c1ccccc1. The third-order valence-electron chi connectivity index (χ3n) is 4.34. The van der Waals surface area contributed by atoms with Crippen LogP contribution < -0.4 is 14.8 Å². The van der Waals surface area contributed by atoms with E-state index in [0.717, 1.165) is 17.1 Å². The molecule has 0 spiro atoms. The number of fused-ring (bicyclic) bond motifs is 1. The van der Waals surface area contributed by atoms with Crippen molar-refractivity contribution in [2.24, 2.45) is 0 Å². The molecule has 0 radical (unpaired) electrons. The highest BCUT2D eigenvalue weighted by Gasteiger charge is 2.14. The second-order valence-electron chi connectivity index (χ2n) is 6.45. The van der Waals surface area contributed by atoms with Gasteiger partial charge < -0.3 is 19.7 Å². The third kappa shape index (κ3) is 5.23. The lowest BCUT2D eigenvalue weighted by atomic mass is 10.1. The molecule has 0 atom stereocenters. The van der Waals surface area contributed by atoms with E-state index in [-0.39, 0.29) is 11.8 Å². The highest BCUT2D eigenvalue weighted by molar-refractivity contribution is 5.94. The Labute approximate surface area is 159 Å². The van der Waals surface area contributed by atoms with Crippen molar-refractivity contribution in [2.75, 3.05) is 26.8 Å². The van der Waals surface area contributed by atoms with E-state index >= 15 is 0 Å². The van der Waals surface area contributed by atoms with Crippen LogP contribution in [-0.2, 0) is 11.3 Å². The van der Waals surface area contributed by atoms with Gasteiger partial charge in [-0.05, 0) is 36.2 Å². The van der Waals surface area contributed by atoms with Crippen LogP contribution in [0.4, 0.5) is 0 Å². The lowest BCUT2D eigenvalue weighted by Crippen LogP contribution is -2.28. The van der Waals surface area contributed by atoms with E-state index in [1.165, 1.54) is 0 Å². The summed E-state index contributed by atoms with van der Waals surface area (Å²) in [5, 5.41) is 2.84. The minimum absolute atomic E-state index is 0.0406. The quantitative estimate of drug-likeness (QED) is 0.763. The van der Waals surface area contributed by atoms with Gasteiger partial charge in [-0.25, -0.2) is 0 Å². The number of carbonyl (C=O) groups is 2. The lowest BCUT2D eigenvalue weighted by Gasteiger charge is -2.21. The van der Waals surface area contributed by atoms with E-state index in [0.29, 0.717) is 44.7 Å². The maximum atomic E-state index is 12.3. The Bertz CT molecular complexity index is 792. The number of hydrogen-bond donors (Lipinski definition) is 1. The van der Waals surface area contributed by atoms with Crippen LogP contribution in [0.15, 0.2) is 48.5 Å². The van der Waals surface area contributed by atoms with Crippen LogP contribution in [0.1, 0.15) is 28.8 Å². The number of nitrogens with zero attached hydrogens (tertiary/aromatic N) is 1. The summed E-state index contributed by atoms with van der Waals surface area (Å²) in [5.41, 5.74) is 1.62. The topological polar surface area (TPSA) is 67.9 Å². The Morgan fingerprint density at radius 3 is 2.56 bits per heavy atom. The molecule has 3 rings (SSSR count). The minimum Gasteiger partial charge on any atom is -0.486 e. The molecular weight excluding hydrogens is 344 g/mol. The van der Waals surface area contributed by atoms with Gasteiger partial charge in [0.25, 0.3) is 5.91 Å². The highest BCUT2D eigenvalue weighted by atomic mass is 16.6. The van der Waals surface area contributed by atoms with E-state index in [4.69, 9.17) is 9.47 Å². The maximum Gasteiger partial charge on any atom is 0.251 e. The number of carbonyl (C=O) groups excluding carboxylic acids is 2. The lowest BCUT2D eigenvalue weighted by molar-refractivity contribution is -0.130. The summed E-state index contributed by atoms with van der Waals surface area (Å²) in [6.07, 6.45) is 0.985. The zero-order valence-electron chi connectivity index (χ0n) is 15.4. The van der Waals surface area contributed by atoms with E-state index in [1.807, 2.05) is 36.4 Å². The molecule has 0 aromatic heterocycles. The molecule has 1 aliphatic rings. The van der Waals surface area contributed by atoms with Gasteiger partial charge in [0.2, 0.25) is 5.91 Å². The predicted molar refractivity (Wildman–Crippen MR) is 102 cm³/mol. The summed E-state index contributed by atoms with van der Waals surface area (Å²) in [6.45, 7) is 2.08. The normalized spacial score (nSPS) is 12.3. The molecule has 0 fully saturated rings. The van der Waals surface area contributed by atoms with Gasteiger partial charge in [0.1, 0.15) is 13.2 Å². The first-order valence-electron chi connectivity index (χ1n) is 9.09. The van der Waals surface area contributed by atoms with E-state index in [9.17, 15) is 9.59 Å². The average molecular weight is 368 g/mol. The number of nitrogens with one attached hydrogen (secondary N) is 1. The zero-order chi connectivity index (χ0) is 19.1. The van der Waals surface area contributed by atoms with Gasteiger partial charge in [-0.3, -0.25) is 9.59 Å². The molecule has 2 aromatic carbocycles. The first-order chi connectivity index (χ1) is 13.1. The Morgan fingerprint density at radius 2 is 1.78 bits per heavy atom. The summed E-state index contributed by atoms with van der Waals surface area (Å²) in [4.78, 5) is 25.9. The van der Waals surface area contributed by atoms with E-state index in [2.05, 4.69) is 5.32 Å². The Morgan fingerprint density at radius 1 is 1.04 bits per heavy atom. The van der Waals surface area contributed by atoms with Gasteiger partial charge in [0.15, 0.2) is 11.5 Å². The molecule has 142 valence electrons. The molecule has 27 heavy (non-hydrogen) atoms. The van der Waals surface area contributed by atoms with Crippen molar-refractivity contribution in [1.82, 2.24) is 10.2 Å². The summed E-state index contributed by atoms with van der Waals surface area (Å²) in [5.74, 6) is 1.39. The van der Waals surface area contributed by atoms with E-state index in [1.54, 1.807) is 24.1 Å². The summed E-state index contributed by atoms with van der Waals surface area (Å²) in [7, 11) is 1.78. The van der Waals surface area contributed by atoms with Gasteiger partial charge in [-0.15, -0.1) is 0 Å². The number of ether oxygens (including phenoxy) is 2. The van der Waals surface area contributed by atoms with Crippen molar-refractivity contribution in [3.8, 4) is 11.5 Å². The molecule has 6 nitrogen and oxygen atoms in total. The van der Waals surface area contributed by atoms with Crippen LogP contribution in [0.5, 0.6) is 11.5 Å².